The van der Waals surface area contributed by atoms with Crippen molar-refractivity contribution in [3.05, 3.63) is 168 Å². The van der Waals surface area contributed by atoms with E-state index in [2.05, 4.69) is 15.0 Å². The van der Waals surface area contributed by atoms with Gasteiger partial charge in [0.2, 0.25) is 0 Å². The number of aryl methyl sites for hydroxylation is 5. The Kier molecular flexibility index (Phi) is 18.6. The highest BCUT2D eigenvalue weighted by molar-refractivity contribution is 5.81. The molecule has 0 saturated heterocycles. The summed E-state index contributed by atoms with van der Waals surface area (Å²) in [6, 6.07) is 19.1. The molecule has 5 aromatic rings. The number of nitro groups is 2. The van der Waals surface area contributed by atoms with Gasteiger partial charge in [0.05, 0.1) is 15.4 Å². The zero-order chi connectivity index (χ0) is 38.3. The van der Waals surface area contributed by atoms with Gasteiger partial charge in [-0.2, -0.15) is 0 Å². The first kappa shape index (κ1) is 42.1. The molecule has 262 valence electrons. The number of aldehydes is 5. The van der Waals surface area contributed by atoms with E-state index in [0.717, 1.165) is 41.5 Å². The number of pyridine rings is 3. The third-order valence-corrected chi connectivity index (χ3v) is 6.40. The minimum absolute atomic E-state index is 0.0121. The Balaban J connectivity index is 0.000000321. The van der Waals surface area contributed by atoms with E-state index in [1.54, 1.807) is 68.8 Å². The maximum absolute atomic E-state index is 10.4. The smallest absolute Gasteiger partial charge is 0.280 e. The number of hydrogen-bond acceptors (Lipinski definition) is 12. The topological polar surface area (TPSA) is 210 Å². The fourth-order valence-electron chi connectivity index (χ4n) is 3.63. The van der Waals surface area contributed by atoms with Gasteiger partial charge in [-0.25, -0.2) is 0 Å². The van der Waals surface area contributed by atoms with Gasteiger partial charge in [-0.15, -0.1) is 0 Å². The molecule has 0 aliphatic heterocycles. The van der Waals surface area contributed by atoms with Crippen molar-refractivity contribution < 1.29 is 33.8 Å². The molecule has 0 amide bonds. The van der Waals surface area contributed by atoms with E-state index in [4.69, 9.17) is 0 Å². The molecule has 2 aromatic carbocycles. The van der Waals surface area contributed by atoms with Crippen LogP contribution in [0, 0.1) is 54.8 Å². The van der Waals surface area contributed by atoms with E-state index in [0.29, 0.717) is 40.4 Å². The summed E-state index contributed by atoms with van der Waals surface area (Å²) in [6.45, 7) is 8.95. The van der Waals surface area contributed by atoms with Crippen LogP contribution in [0.5, 0.6) is 0 Å². The van der Waals surface area contributed by atoms with Crippen LogP contribution in [0.1, 0.15) is 80.0 Å². The molecule has 0 radical (unpaired) electrons. The van der Waals surface area contributed by atoms with Gasteiger partial charge in [-0.3, -0.25) is 59.2 Å². The van der Waals surface area contributed by atoms with E-state index in [1.807, 2.05) is 26.8 Å². The van der Waals surface area contributed by atoms with Crippen LogP contribution >= 0.6 is 0 Å². The monoisotopic (exact) mass is 693 g/mol. The van der Waals surface area contributed by atoms with Gasteiger partial charge in [0.1, 0.15) is 12.6 Å². The van der Waals surface area contributed by atoms with Gasteiger partial charge in [-0.05, 0) is 94.3 Å². The zero-order valence-corrected chi connectivity index (χ0v) is 28.5. The van der Waals surface area contributed by atoms with Gasteiger partial charge >= 0.3 is 0 Å². The van der Waals surface area contributed by atoms with Crippen molar-refractivity contribution >= 4 is 42.8 Å². The lowest BCUT2D eigenvalue weighted by Crippen LogP contribution is -1.94. The maximum Gasteiger partial charge on any atom is 0.280 e. The molecule has 14 heteroatoms. The van der Waals surface area contributed by atoms with E-state index < -0.39 is 9.85 Å². The summed E-state index contributed by atoms with van der Waals surface area (Å²) >= 11 is 0. The molecule has 0 atom stereocenters. The van der Waals surface area contributed by atoms with Crippen LogP contribution in [0.4, 0.5) is 11.4 Å². The molecule has 0 aliphatic rings. The van der Waals surface area contributed by atoms with Crippen molar-refractivity contribution in [3.63, 3.8) is 0 Å². The molecule has 0 bridgehead atoms. The molecular weight excluding hydrogens is 658 g/mol. The first-order valence-electron chi connectivity index (χ1n) is 14.8. The second-order valence-corrected chi connectivity index (χ2v) is 10.3. The molecule has 0 saturated carbocycles. The predicted octanol–water partition coefficient (Wildman–Crippen LogP) is 7.04. The molecular formula is C37H35N5O9. The first-order valence-corrected chi connectivity index (χ1v) is 14.8. The third kappa shape index (κ3) is 15.7. The largest absolute Gasteiger partial charge is 0.298 e. The van der Waals surface area contributed by atoms with E-state index >= 15 is 0 Å². The Bertz CT molecular complexity index is 1960. The molecule has 0 N–H and O–H groups in total. The molecule has 0 fully saturated rings. The number of hydrogen-bond donors (Lipinski definition) is 0. The van der Waals surface area contributed by atoms with Crippen LogP contribution in [-0.4, -0.2) is 56.2 Å². The molecule has 3 heterocycles. The van der Waals surface area contributed by atoms with Crippen molar-refractivity contribution in [2.75, 3.05) is 0 Å². The van der Waals surface area contributed by atoms with Gasteiger partial charge in [-0.1, -0.05) is 6.07 Å². The van der Waals surface area contributed by atoms with E-state index in [1.165, 1.54) is 30.3 Å². The lowest BCUT2D eigenvalue weighted by Gasteiger charge is -1.96. The van der Waals surface area contributed by atoms with Gasteiger partial charge in [0.15, 0.2) is 18.9 Å². The summed E-state index contributed by atoms with van der Waals surface area (Å²) < 4.78 is 0. The van der Waals surface area contributed by atoms with Crippen molar-refractivity contribution in [1.82, 2.24) is 15.0 Å². The first-order chi connectivity index (χ1) is 24.3. The quantitative estimate of drug-likeness (QED) is 0.0954. The highest BCUT2D eigenvalue weighted by Crippen LogP contribution is 2.18. The Hall–Kier alpha value is -6.96. The standard InChI is InChI=1S/2C8H7NO3.3C7H7NO/c1-6-4-8(9(11)12)3-2-7(6)5-10;1-6-2-3-7(5-10)8(4-6)9(11)12;1-6-4-7(5-9)2-3-8-6;1-6-2-3-7(5-9)4-8-6;1-6-7(5-9)3-2-4-8-6/h2*2-5H,1H3;3*2-5H,1H3. The SMILES string of the molecule is Cc1cc(C=O)ccn1.Cc1cc([N+](=O)[O-])ccc1C=O.Cc1ccc(C=O)c([N+](=O)[O-])c1.Cc1ccc(C=O)cn1.Cc1ncccc1C=O. The Morgan fingerprint density at radius 1 is 0.549 bits per heavy atom. The van der Waals surface area contributed by atoms with Crippen LogP contribution in [0.2, 0.25) is 0 Å². The van der Waals surface area contributed by atoms with Crippen LogP contribution < -0.4 is 0 Å². The summed E-state index contributed by atoms with van der Waals surface area (Å²) in [7, 11) is 0. The zero-order valence-electron chi connectivity index (χ0n) is 28.5. The number of non-ortho nitro benzene ring substituents is 1. The third-order valence-electron chi connectivity index (χ3n) is 6.40. The fraction of sp³-hybridized carbons (Fsp3) is 0.135. The van der Waals surface area contributed by atoms with Gasteiger partial charge in [0.25, 0.3) is 11.4 Å². The second kappa shape index (κ2) is 22.6. The second-order valence-electron chi connectivity index (χ2n) is 10.3. The van der Waals surface area contributed by atoms with Crippen LogP contribution in [-0.2, 0) is 0 Å². The fourth-order valence-corrected chi connectivity index (χ4v) is 3.63. The van der Waals surface area contributed by atoms with E-state index in [9.17, 15) is 44.2 Å². The number of carbonyl (C=O) groups is 5. The van der Waals surface area contributed by atoms with Crippen LogP contribution in [0.3, 0.4) is 0 Å². The highest BCUT2D eigenvalue weighted by atomic mass is 16.6. The number of nitro benzene ring substituents is 2. The maximum atomic E-state index is 10.4. The Morgan fingerprint density at radius 2 is 1.20 bits per heavy atom. The van der Waals surface area contributed by atoms with Crippen LogP contribution in [0.15, 0.2) is 91.4 Å². The predicted molar refractivity (Wildman–Crippen MR) is 190 cm³/mol. The Morgan fingerprint density at radius 3 is 1.65 bits per heavy atom. The minimum atomic E-state index is -0.559. The molecule has 0 spiro atoms. The summed E-state index contributed by atoms with van der Waals surface area (Å²) in [4.78, 5) is 82.4. The molecule has 0 unspecified atom stereocenters. The normalized spacial score (nSPS) is 9.20. The summed E-state index contributed by atoms with van der Waals surface area (Å²) in [5, 5.41) is 20.6. The summed E-state index contributed by atoms with van der Waals surface area (Å²) in [5.74, 6) is 0. The lowest BCUT2D eigenvalue weighted by molar-refractivity contribution is -0.385. The Labute approximate surface area is 293 Å². The average Bonchev–Trinajstić information content (AvgIpc) is 3.13. The average molecular weight is 694 g/mol. The molecule has 14 nitrogen and oxygen atoms in total. The van der Waals surface area contributed by atoms with Gasteiger partial charge in [0, 0.05) is 76.1 Å². The van der Waals surface area contributed by atoms with Crippen LogP contribution in [0.25, 0.3) is 0 Å². The number of benzene rings is 2. The minimum Gasteiger partial charge on any atom is -0.298 e. The van der Waals surface area contributed by atoms with E-state index in [-0.39, 0.29) is 16.9 Å². The summed E-state index contributed by atoms with van der Waals surface area (Å²) in [5.41, 5.74) is 6.44. The number of nitrogens with zero attached hydrogens (tertiary/aromatic N) is 5. The molecule has 5 rings (SSSR count). The number of rotatable bonds is 7. The van der Waals surface area contributed by atoms with Crippen molar-refractivity contribution in [2.45, 2.75) is 34.6 Å². The molecule has 51 heavy (non-hydrogen) atoms. The van der Waals surface area contributed by atoms with Crippen molar-refractivity contribution in [1.29, 1.82) is 0 Å². The number of carbonyl (C=O) groups excluding carboxylic acids is 5. The van der Waals surface area contributed by atoms with Crippen molar-refractivity contribution in [2.24, 2.45) is 0 Å². The molecule has 3 aromatic heterocycles. The molecule has 0 aliphatic carbocycles. The highest BCUT2D eigenvalue weighted by Gasteiger charge is 2.12. The van der Waals surface area contributed by atoms with Crippen molar-refractivity contribution in [3.8, 4) is 0 Å². The summed E-state index contributed by atoms with van der Waals surface area (Å²) in [6.07, 6.45) is 8.42. The lowest BCUT2D eigenvalue weighted by atomic mass is 10.1. The number of aromatic nitrogens is 3. The van der Waals surface area contributed by atoms with Gasteiger partial charge < -0.3 is 0 Å².